The molecule has 0 atom stereocenters. The second-order valence-corrected chi connectivity index (χ2v) is 12.5. The van der Waals surface area contributed by atoms with Crippen molar-refractivity contribution in [1.82, 2.24) is 0 Å². The van der Waals surface area contributed by atoms with Crippen LogP contribution in [0.4, 0.5) is 5.69 Å². The number of hydrogen-bond acceptors (Lipinski definition) is 1. The van der Waals surface area contributed by atoms with Crippen LogP contribution < -0.4 is 10.6 Å². The van der Waals surface area contributed by atoms with E-state index < -0.39 is 7.92 Å². The Morgan fingerprint density at radius 3 is 1.50 bits per heavy atom. The first-order chi connectivity index (χ1) is 16.9. The molecule has 4 aromatic rings. The normalized spacial score (nSPS) is 11.4. The molecule has 190 valence electrons. The van der Waals surface area contributed by atoms with E-state index in [-0.39, 0.29) is 12.6 Å². The molecule has 4 aromatic carbocycles. The van der Waals surface area contributed by atoms with Gasteiger partial charge in [0.2, 0.25) is 0 Å². The summed E-state index contributed by atoms with van der Waals surface area (Å²) in [5, 5.41) is 2.64. The van der Waals surface area contributed by atoms with E-state index in [2.05, 4.69) is 165 Å². The molecule has 0 heterocycles. The van der Waals surface area contributed by atoms with Gasteiger partial charge in [0.15, 0.2) is 0 Å². The van der Waals surface area contributed by atoms with Gasteiger partial charge in [-0.3, -0.25) is 0 Å². The van der Waals surface area contributed by atoms with Gasteiger partial charge in [-0.2, -0.15) is 0 Å². The third-order valence-electron chi connectivity index (χ3n) is 6.25. The Morgan fingerprint density at radius 2 is 1.08 bits per heavy atom. The summed E-state index contributed by atoms with van der Waals surface area (Å²) in [5.41, 5.74) is 7.17. The standard InChI is InChI=1S/C31H32NP.CH3.ClH.Pd/c1-23-21-24(2)29(25(3)22-23)32-30(26-15-9-6-10-16-26)31(4,5)33(27-17-11-7-12-18-27)28-19-13-8-14-20-28;;;/h6-22H,1-5H3;1H3;1H;/q;-1;;+2. The summed E-state index contributed by atoms with van der Waals surface area (Å²) in [7, 11) is 3.28. The SMILES string of the molecule is Cc1cc(C)c(N=C(c2ccccc2)C(C)(C)[PH+](c2ccccc2)c2ccccc2)c(C)c1.[CH3-].[Cl][Pd+]. The minimum absolute atomic E-state index is 0. The molecular weight excluding hydrogens is 571 g/mol. The third kappa shape index (κ3) is 7.03. The molecule has 0 aliphatic rings. The minimum atomic E-state index is -1.20. The molecule has 0 saturated carbocycles. The molecular formula is C32H36ClNPPd+. The molecule has 36 heavy (non-hydrogen) atoms. The summed E-state index contributed by atoms with van der Waals surface area (Å²) >= 11 is 2.22. The maximum atomic E-state index is 5.45. The Labute approximate surface area is 234 Å². The van der Waals surface area contributed by atoms with Crippen molar-refractivity contribution in [3.05, 3.63) is 133 Å². The molecule has 4 heteroatoms. The Kier molecular flexibility index (Phi) is 11.7. The van der Waals surface area contributed by atoms with Gasteiger partial charge in [-0.05, 0) is 70.0 Å². The molecule has 0 amide bonds. The van der Waals surface area contributed by atoms with E-state index >= 15 is 0 Å². The van der Waals surface area contributed by atoms with E-state index in [0.29, 0.717) is 0 Å². The summed E-state index contributed by atoms with van der Waals surface area (Å²) in [6, 6.07) is 37.2. The van der Waals surface area contributed by atoms with Crippen molar-refractivity contribution in [3.63, 3.8) is 0 Å². The van der Waals surface area contributed by atoms with E-state index in [0.717, 1.165) is 11.4 Å². The zero-order chi connectivity index (χ0) is 25.4. The van der Waals surface area contributed by atoms with Crippen LogP contribution in [0.2, 0.25) is 0 Å². The second kappa shape index (κ2) is 14.0. The summed E-state index contributed by atoms with van der Waals surface area (Å²) in [6.45, 7) is 11.3. The summed E-state index contributed by atoms with van der Waals surface area (Å²) in [4.78, 5) is 5.45. The number of nitrogens with zero attached hydrogens (tertiary/aromatic N) is 1. The number of halogens is 1. The van der Waals surface area contributed by atoms with Crippen molar-refractivity contribution in [2.24, 2.45) is 4.99 Å². The molecule has 0 radical (unpaired) electrons. The first kappa shape index (κ1) is 30.2. The predicted molar refractivity (Wildman–Crippen MR) is 160 cm³/mol. The summed E-state index contributed by atoms with van der Waals surface area (Å²) in [6.07, 6.45) is 0. The van der Waals surface area contributed by atoms with Crippen molar-refractivity contribution in [2.45, 2.75) is 39.8 Å². The van der Waals surface area contributed by atoms with Gasteiger partial charge in [0.1, 0.15) is 5.16 Å². The third-order valence-corrected chi connectivity index (χ3v) is 9.56. The van der Waals surface area contributed by atoms with Crippen LogP contribution in [0.25, 0.3) is 0 Å². The fraction of sp³-hybridized carbons (Fsp3) is 0.188. The number of rotatable bonds is 6. The molecule has 0 N–H and O–H groups in total. The van der Waals surface area contributed by atoms with Crippen LogP contribution in [0, 0.1) is 28.2 Å². The number of benzene rings is 4. The van der Waals surface area contributed by atoms with Crippen molar-refractivity contribution in [3.8, 4) is 0 Å². The van der Waals surface area contributed by atoms with Gasteiger partial charge in [-0.1, -0.05) is 84.4 Å². The molecule has 0 spiro atoms. The van der Waals surface area contributed by atoms with Crippen LogP contribution in [-0.4, -0.2) is 10.9 Å². The Bertz CT molecular complexity index is 1190. The first-order valence-corrected chi connectivity index (χ1v) is 15.2. The van der Waals surface area contributed by atoms with Crippen LogP contribution in [0.3, 0.4) is 0 Å². The van der Waals surface area contributed by atoms with E-state index in [1.807, 2.05) is 0 Å². The van der Waals surface area contributed by atoms with E-state index in [4.69, 9.17) is 4.99 Å². The van der Waals surface area contributed by atoms with Gasteiger partial charge in [0.05, 0.1) is 29.9 Å². The molecule has 0 saturated heterocycles. The van der Waals surface area contributed by atoms with Crippen molar-refractivity contribution >= 4 is 39.5 Å². The fourth-order valence-corrected chi connectivity index (χ4v) is 8.10. The molecule has 0 aliphatic heterocycles. The molecule has 4 rings (SSSR count). The van der Waals surface area contributed by atoms with Crippen LogP contribution >= 0.6 is 17.5 Å². The number of hydrogen-bond donors (Lipinski definition) is 0. The van der Waals surface area contributed by atoms with Crippen molar-refractivity contribution in [2.75, 3.05) is 0 Å². The van der Waals surface area contributed by atoms with Gasteiger partial charge < -0.3 is 7.43 Å². The van der Waals surface area contributed by atoms with Crippen molar-refractivity contribution in [1.29, 1.82) is 0 Å². The number of aliphatic imine (C=N–C) groups is 1. The Morgan fingerprint density at radius 1 is 0.694 bits per heavy atom. The first-order valence-electron chi connectivity index (χ1n) is 11.7. The van der Waals surface area contributed by atoms with Gasteiger partial charge in [-0.15, -0.1) is 0 Å². The van der Waals surface area contributed by atoms with Gasteiger partial charge >= 0.3 is 27.7 Å². The monoisotopic (exact) mass is 606 g/mol. The average molecular weight is 607 g/mol. The van der Waals surface area contributed by atoms with E-state index in [9.17, 15) is 0 Å². The zero-order valence-electron chi connectivity index (χ0n) is 22.0. The average Bonchev–Trinajstić information content (AvgIpc) is 2.86. The molecule has 0 fully saturated rings. The molecule has 0 aliphatic carbocycles. The molecule has 0 bridgehead atoms. The molecule has 1 nitrogen and oxygen atoms in total. The quantitative estimate of drug-likeness (QED) is 0.0902. The predicted octanol–water partition coefficient (Wildman–Crippen LogP) is 8.51. The van der Waals surface area contributed by atoms with Crippen molar-refractivity contribution < 1.29 is 18.2 Å². The molecule has 0 unspecified atom stereocenters. The van der Waals surface area contributed by atoms with Gasteiger partial charge in [-0.25, -0.2) is 4.99 Å². The van der Waals surface area contributed by atoms with Crippen LogP contribution in [0.15, 0.2) is 108 Å². The van der Waals surface area contributed by atoms with E-state index in [1.165, 1.54) is 32.9 Å². The number of aryl methyl sites for hydroxylation is 3. The topological polar surface area (TPSA) is 12.4 Å². The van der Waals surface area contributed by atoms with Gasteiger partial charge in [0.25, 0.3) is 0 Å². The summed E-state index contributed by atoms with van der Waals surface area (Å²) in [5.74, 6) is 0. The van der Waals surface area contributed by atoms with Crippen LogP contribution in [0.1, 0.15) is 36.1 Å². The van der Waals surface area contributed by atoms with Crippen LogP contribution in [0.5, 0.6) is 0 Å². The zero-order valence-corrected chi connectivity index (χ0v) is 25.3. The Hall–Kier alpha value is -2.07. The summed E-state index contributed by atoms with van der Waals surface area (Å²) < 4.78 is 0. The second-order valence-electron chi connectivity index (χ2n) is 9.31. The maximum absolute atomic E-state index is 5.45. The fourth-order valence-electron chi connectivity index (χ4n) is 4.84. The van der Waals surface area contributed by atoms with Gasteiger partial charge in [0, 0.05) is 5.56 Å². The van der Waals surface area contributed by atoms with E-state index in [1.54, 1.807) is 0 Å². The van der Waals surface area contributed by atoms with Crippen LogP contribution in [-0.2, 0) is 18.2 Å². The Balaban J connectivity index is 0.00000148. The molecule has 0 aromatic heterocycles.